The molecule has 0 spiro atoms. The highest BCUT2D eigenvalue weighted by Crippen LogP contribution is 2.08. The number of esters is 1. The molecular weight excluding hydrogens is 254 g/mol. The van der Waals surface area contributed by atoms with Gasteiger partial charge in [0.15, 0.2) is 0 Å². The molecule has 1 amide bonds. The van der Waals surface area contributed by atoms with Gasteiger partial charge in [-0.05, 0) is 19.0 Å². The van der Waals surface area contributed by atoms with Crippen molar-refractivity contribution in [3.8, 4) is 0 Å². The Labute approximate surface area is 122 Å². The van der Waals surface area contributed by atoms with E-state index in [1.54, 1.807) is 11.1 Å². The maximum atomic E-state index is 10.8. The van der Waals surface area contributed by atoms with E-state index in [2.05, 4.69) is 24.8 Å². The molecule has 0 aromatic carbocycles. The fraction of sp³-hybridized carbons (Fsp3) is 0.625. The largest absolute Gasteiger partial charge is 0.435 e. The maximum absolute atomic E-state index is 10.8. The van der Waals surface area contributed by atoms with E-state index in [4.69, 9.17) is 0 Å². The number of carbonyl (C=O) groups is 2. The normalized spacial score (nSPS) is 13.4. The molecule has 114 valence electrons. The lowest BCUT2D eigenvalue weighted by Gasteiger charge is -2.05. The molecule has 0 aromatic rings. The molecule has 0 aliphatic carbocycles. The Morgan fingerprint density at radius 2 is 2.00 bits per heavy atom. The summed E-state index contributed by atoms with van der Waals surface area (Å²) >= 11 is 0. The van der Waals surface area contributed by atoms with Gasteiger partial charge in [-0.15, -0.1) is 0 Å². The Morgan fingerprint density at radius 1 is 1.30 bits per heavy atom. The molecule has 0 aromatic heterocycles. The minimum absolute atomic E-state index is 0.165. The predicted molar refractivity (Wildman–Crippen MR) is 80.8 cm³/mol. The Hall–Kier alpha value is -1.58. The van der Waals surface area contributed by atoms with E-state index in [1.165, 1.54) is 25.5 Å². The molecule has 0 unspecified atom stereocenters. The van der Waals surface area contributed by atoms with Gasteiger partial charge >= 0.3 is 5.97 Å². The second kappa shape index (κ2) is 12.5. The van der Waals surface area contributed by atoms with E-state index >= 15 is 0 Å². The van der Waals surface area contributed by atoms with Crippen molar-refractivity contribution >= 4 is 11.9 Å². The number of likely N-dealkylation sites (tertiary alicyclic amines) is 1. The van der Waals surface area contributed by atoms with Crippen LogP contribution >= 0.6 is 0 Å². The van der Waals surface area contributed by atoms with Crippen LogP contribution in [0.4, 0.5) is 0 Å². The molecule has 0 radical (unpaired) electrons. The van der Waals surface area contributed by atoms with E-state index in [0.29, 0.717) is 12.8 Å². The summed E-state index contributed by atoms with van der Waals surface area (Å²) in [5.41, 5.74) is 0. The van der Waals surface area contributed by atoms with Crippen LogP contribution < -0.4 is 0 Å². The van der Waals surface area contributed by atoms with Crippen LogP contribution in [0.1, 0.15) is 58.3 Å². The number of ether oxygens (including phenoxy) is 1. The topological polar surface area (TPSA) is 46.6 Å². The fourth-order valence-corrected chi connectivity index (χ4v) is 1.89. The molecule has 1 saturated heterocycles. The third-order valence-electron chi connectivity index (χ3n) is 3.03. The lowest BCUT2D eigenvalue weighted by atomic mass is 10.1. The van der Waals surface area contributed by atoms with Gasteiger partial charge in [0.05, 0.1) is 6.26 Å². The lowest BCUT2D eigenvalue weighted by molar-refractivity contribution is -0.138. The number of nitrogens with zero attached hydrogens (tertiary/aromatic N) is 1. The standard InChI is InChI=1S/C10H18O2.C6H9NO/c1-3-5-6-7-8-9-10(11)12-4-2;1-2-7-5-3-4-6(7)8/h4H,2-3,5-9H2,1H3;2H,1,3-5H2. The molecule has 0 saturated carbocycles. The van der Waals surface area contributed by atoms with Gasteiger partial charge in [0, 0.05) is 19.4 Å². The van der Waals surface area contributed by atoms with Gasteiger partial charge in [0.1, 0.15) is 0 Å². The Kier molecular flexibility index (Phi) is 11.5. The summed E-state index contributed by atoms with van der Waals surface area (Å²) in [7, 11) is 0. The van der Waals surface area contributed by atoms with Crippen LogP contribution in [0.3, 0.4) is 0 Å². The highest BCUT2D eigenvalue weighted by atomic mass is 16.5. The van der Waals surface area contributed by atoms with Crippen LogP contribution in [0.15, 0.2) is 25.6 Å². The lowest BCUT2D eigenvalue weighted by Crippen LogP contribution is -2.16. The van der Waals surface area contributed by atoms with Gasteiger partial charge in [0.25, 0.3) is 0 Å². The number of hydrogen-bond donors (Lipinski definition) is 0. The number of rotatable bonds is 8. The van der Waals surface area contributed by atoms with Gasteiger partial charge < -0.3 is 9.64 Å². The average molecular weight is 281 g/mol. The quantitative estimate of drug-likeness (QED) is 0.386. The molecule has 1 heterocycles. The van der Waals surface area contributed by atoms with Gasteiger partial charge in [-0.1, -0.05) is 45.8 Å². The highest BCUT2D eigenvalue weighted by molar-refractivity contribution is 5.78. The molecule has 0 atom stereocenters. The van der Waals surface area contributed by atoms with Crippen molar-refractivity contribution in [1.29, 1.82) is 0 Å². The third-order valence-corrected chi connectivity index (χ3v) is 3.03. The first-order valence-electron chi connectivity index (χ1n) is 7.38. The summed E-state index contributed by atoms with van der Waals surface area (Å²) in [4.78, 5) is 23.1. The maximum Gasteiger partial charge on any atom is 0.310 e. The van der Waals surface area contributed by atoms with Crippen LogP contribution in [0.2, 0.25) is 0 Å². The summed E-state index contributed by atoms with van der Waals surface area (Å²) in [5, 5.41) is 0. The van der Waals surface area contributed by atoms with Crippen molar-refractivity contribution in [3.05, 3.63) is 25.6 Å². The van der Waals surface area contributed by atoms with E-state index in [1.807, 2.05) is 0 Å². The molecule has 0 bridgehead atoms. The molecule has 0 N–H and O–H groups in total. The zero-order chi connectivity index (χ0) is 15.2. The SMILES string of the molecule is C=CN1CCCC1=O.C=COC(=O)CCCCCCC. The second-order valence-electron chi connectivity index (χ2n) is 4.69. The Balaban J connectivity index is 0.000000388. The summed E-state index contributed by atoms with van der Waals surface area (Å²) < 4.78 is 4.57. The van der Waals surface area contributed by atoms with Gasteiger partial charge in [-0.3, -0.25) is 9.59 Å². The smallest absolute Gasteiger partial charge is 0.310 e. The summed E-state index contributed by atoms with van der Waals surface area (Å²) in [6, 6.07) is 0. The van der Waals surface area contributed by atoms with E-state index in [9.17, 15) is 9.59 Å². The summed E-state index contributed by atoms with van der Waals surface area (Å²) in [6.45, 7) is 9.85. The number of unbranched alkanes of at least 4 members (excludes halogenated alkanes) is 4. The van der Waals surface area contributed by atoms with Crippen LogP contribution in [0, 0.1) is 0 Å². The van der Waals surface area contributed by atoms with Crippen molar-refractivity contribution in [2.75, 3.05) is 6.54 Å². The third kappa shape index (κ3) is 9.36. The molecule has 1 rings (SSSR count). The summed E-state index contributed by atoms with van der Waals surface area (Å²) in [6.07, 6.45) is 10.8. The first-order chi connectivity index (χ1) is 9.65. The molecule has 4 heteroatoms. The van der Waals surface area contributed by atoms with Crippen molar-refractivity contribution in [3.63, 3.8) is 0 Å². The van der Waals surface area contributed by atoms with Crippen LogP contribution in [-0.2, 0) is 14.3 Å². The molecular formula is C16H27NO3. The van der Waals surface area contributed by atoms with E-state index < -0.39 is 0 Å². The number of carbonyl (C=O) groups excluding carboxylic acids is 2. The van der Waals surface area contributed by atoms with E-state index in [-0.39, 0.29) is 11.9 Å². The Morgan fingerprint density at radius 3 is 2.45 bits per heavy atom. The first kappa shape index (κ1) is 18.4. The number of hydrogen-bond acceptors (Lipinski definition) is 3. The second-order valence-corrected chi connectivity index (χ2v) is 4.69. The van der Waals surface area contributed by atoms with Gasteiger partial charge in [-0.2, -0.15) is 0 Å². The Bertz CT molecular complexity index is 313. The van der Waals surface area contributed by atoms with Crippen molar-refractivity contribution in [1.82, 2.24) is 4.90 Å². The number of amides is 1. The minimum atomic E-state index is -0.165. The summed E-state index contributed by atoms with van der Waals surface area (Å²) in [5.74, 6) is 0.0431. The molecule has 4 nitrogen and oxygen atoms in total. The fourth-order valence-electron chi connectivity index (χ4n) is 1.89. The van der Waals surface area contributed by atoms with Gasteiger partial charge in [0.2, 0.25) is 5.91 Å². The molecule has 1 fully saturated rings. The van der Waals surface area contributed by atoms with Crippen molar-refractivity contribution in [2.24, 2.45) is 0 Å². The van der Waals surface area contributed by atoms with Crippen molar-refractivity contribution in [2.45, 2.75) is 58.3 Å². The minimum Gasteiger partial charge on any atom is -0.435 e. The van der Waals surface area contributed by atoms with Crippen LogP contribution in [0.25, 0.3) is 0 Å². The van der Waals surface area contributed by atoms with Crippen LogP contribution in [0.5, 0.6) is 0 Å². The van der Waals surface area contributed by atoms with Crippen molar-refractivity contribution < 1.29 is 14.3 Å². The zero-order valence-electron chi connectivity index (χ0n) is 12.6. The predicted octanol–water partition coefficient (Wildman–Crippen LogP) is 3.79. The highest BCUT2D eigenvalue weighted by Gasteiger charge is 2.15. The molecule has 1 aliphatic rings. The average Bonchev–Trinajstić information content (AvgIpc) is 2.85. The first-order valence-corrected chi connectivity index (χ1v) is 7.38. The monoisotopic (exact) mass is 281 g/mol. The molecule has 20 heavy (non-hydrogen) atoms. The zero-order valence-corrected chi connectivity index (χ0v) is 12.6. The van der Waals surface area contributed by atoms with E-state index in [0.717, 1.165) is 25.8 Å². The van der Waals surface area contributed by atoms with Crippen LogP contribution in [-0.4, -0.2) is 23.3 Å². The van der Waals surface area contributed by atoms with Gasteiger partial charge in [-0.25, -0.2) is 0 Å². The molecule has 1 aliphatic heterocycles.